The first kappa shape index (κ1) is 15.3. The Kier molecular flexibility index (Phi) is 10.00. The summed E-state index contributed by atoms with van der Waals surface area (Å²) in [5.74, 6) is 0. The fourth-order valence-electron chi connectivity index (χ4n) is 0.875. The third kappa shape index (κ3) is 24.5. The zero-order chi connectivity index (χ0) is 10.9. The van der Waals surface area contributed by atoms with E-state index in [0.29, 0.717) is 6.26 Å². The van der Waals surface area contributed by atoms with Crippen molar-refractivity contribution in [1.82, 2.24) is 4.90 Å². The summed E-state index contributed by atoms with van der Waals surface area (Å²) >= 11 is 0. The van der Waals surface area contributed by atoms with Gasteiger partial charge >= 0.3 is 0 Å². The maximum Gasteiger partial charge on any atom is 0.261 e. The Morgan fingerprint density at radius 1 is 1.15 bits per heavy atom. The summed E-state index contributed by atoms with van der Waals surface area (Å²) in [5, 5.41) is 0. The second-order valence-corrected chi connectivity index (χ2v) is 4.21. The number of nitrogens with zero attached hydrogens (tertiary/aromatic N) is 1. The summed E-state index contributed by atoms with van der Waals surface area (Å²) in [7, 11) is -1.49. The van der Waals surface area contributed by atoms with E-state index >= 15 is 0 Å². The van der Waals surface area contributed by atoms with Crippen molar-refractivity contribution in [3.63, 3.8) is 0 Å². The lowest BCUT2D eigenvalue weighted by atomic mass is 10.4. The van der Waals surface area contributed by atoms with E-state index in [4.69, 9.17) is 4.55 Å². The van der Waals surface area contributed by atoms with E-state index in [-0.39, 0.29) is 0 Å². The second kappa shape index (κ2) is 8.47. The quantitative estimate of drug-likeness (QED) is 0.612. The summed E-state index contributed by atoms with van der Waals surface area (Å²) in [6.07, 6.45) is 3.54. The van der Waals surface area contributed by atoms with Crippen molar-refractivity contribution in [1.29, 1.82) is 0 Å². The van der Waals surface area contributed by atoms with Gasteiger partial charge in [-0.15, -0.1) is 0 Å². The minimum Gasteiger partial charge on any atom is -0.306 e. The van der Waals surface area contributed by atoms with Crippen molar-refractivity contribution in [2.24, 2.45) is 0 Å². The van der Waals surface area contributed by atoms with Crippen LogP contribution in [0.15, 0.2) is 0 Å². The first-order chi connectivity index (χ1) is 5.89. The predicted molar refractivity (Wildman–Crippen MR) is 55.6 cm³/mol. The highest BCUT2D eigenvalue weighted by Crippen LogP contribution is 2.01. The van der Waals surface area contributed by atoms with Crippen LogP contribution < -0.4 is 0 Å². The van der Waals surface area contributed by atoms with Gasteiger partial charge < -0.3 is 4.90 Å². The number of hydrogen-bond donors (Lipinski definition) is 1. The van der Waals surface area contributed by atoms with E-state index in [1.54, 1.807) is 0 Å². The number of rotatable bonds is 0. The highest BCUT2D eigenvalue weighted by molar-refractivity contribution is 7.85. The van der Waals surface area contributed by atoms with Gasteiger partial charge in [-0.3, -0.25) is 4.55 Å². The first-order valence-corrected chi connectivity index (χ1v) is 6.35. The van der Waals surface area contributed by atoms with Gasteiger partial charge in [-0.05, 0) is 33.0 Å². The molecule has 4 nitrogen and oxygen atoms in total. The molecule has 0 unspecified atom stereocenters. The molecule has 0 aliphatic carbocycles. The Hall–Kier alpha value is -0.130. The predicted octanol–water partition coefficient (Wildman–Crippen LogP) is 1.24. The molecule has 0 saturated carbocycles. The molecular weight excluding hydrogens is 190 g/mol. The van der Waals surface area contributed by atoms with Gasteiger partial charge in [0.1, 0.15) is 0 Å². The monoisotopic (exact) mass is 211 g/mol. The van der Waals surface area contributed by atoms with Crippen LogP contribution in [-0.2, 0) is 10.1 Å². The van der Waals surface area contributed by atoms with Gasteiger partial charge in [-0.1, -0.05) is 13.8 Å². The van der Waals surface area contributed by atoms with Crippen molar-refractivity contribution >= 4 is 10.1 Å². The van der Waals surface area contributed by atoms with Gasteiger partial charge in [-0.25, -0.2) is 0 Å². The highest BCUT2D eigenvalue weighted by Gasteiger charge is 2.03. The molecule has 0 bridgehead atoms. The van der Waals surface area contributed by atoms with Crippen molar-refractivity contribution in [3.05, 3.63) is 0 Å². The van der Waals surface area contributed by atoms with Crippen LogP contribution in [0.2, 0.25) is 0 Å². The lowest BCUT2D eigenvalue weighted by Crippen LogP contribution is -2.10. The first-order valence-electron chi connectivity index (χ1n) is 4.50. The van der Waals surface area contributed by atoms with Crippen molar-refractivity contribution in [2.45, 2.75) is 26.7 Å². The molecule has 13 heavy (non-hydrogen) atoms. The summed E-state index contributed by atoms with van der Waals surface area (Å²) in [6, 6.07) is 0. The molecular formula is C8H21NO3S. The average molecular weight is 211 g/mol. The van der Waals surface area contributed by atoms with Crippen LogP contribution in [0, 0.1) is 0 Å². The molecule has 5 heteroatoms. The largest absolute Gasteiger partial charge is 0.306 e. The number of hydrogen-bond acceptors (Lipinski definition) is 3. The molecule has 1 aliphatic rings. The van der Waals surface area contributed by atoms with Gasteiger partial charge in [0.15, 0.2) is 0 Å². The molecule has 0 aromatic heterocycles. The van der Waals surface area contributed by atoms with Gasteiger partial charge in [0.05, 0.1) is 6.26 Å². The average Bonchev–Trinajstić information content (AvgIpc) is 2.40. The van der Waals surface area contributed by atoms with Crippen molar-refractivity contribution < 1.29 is 13.0 Å². The van der Waals surface area contributed by atoms with Crippen LogP contribution in [-0.4, -0.2) is 44.3 Å². The normalized spacial score (nSPS) is 16.7. The third-order valence-electron chi connectivity index (χ3n) is 1.33. The van der Waals surface area contributed by atoms with E-state index in [1.807, 2.05) is 13.8 Å². The van der Waals surface area contributed by atoms with Crippen LogP contribution in [0.5, 0.6) is 0 Å². The standard InChI is InChI=1S/C5H11N.C2H6.CH4O3S/c1-6-4-2-3-5-6;1-2;1-5(2,3)4/h2-5H2,1H3;1-2H3;1H3,(H,2,3,4). The maximum atomic E-state index is 9.19. The zero-order valence-electron chi connectivity index (χ0n) is 8.95. The summed E-state index contributed by atoms with van der Waals surface area (Å²) in [5.41, 5.74) is 0. The van der Waals surface area contributed by atoms with Gasteiger partial charge in [0.25, 0.3) is 10.1 Å². The lowest BCUT2D eigenvalue weighted by Gasteiger charge is -2.01. The Morgan fingerprint density at radius 2 is 1.38 bits per heavy atom. The fraction of sp³-hybridized carbons (Fsp3) is 1.00. The molecule has 0 spiro atoms. The molecule has 1 saturated heterocycles. The Morgan fingerprint density at radius 3 is 1.46 bits per heavy atom. The summed E-state index contributed by atoms with van der Waals surface area (Å²) < 4.78 is 25.9. The Bertz CT molecular complexity index is 176. The zero-order valence-corrected chi connectivity index (χ0v) is 9.76. The van der Waals surface area contributed by atoms with Crippen LogP contribution >= 0.6 is 0 Å². The third-order valence-corrected chi connectivity index (χ3v) is 1.33. The number of likely N-dealkylation sites (tertiary alicyclic amines) is 1. The minimum atomic E-state index is -3.67. The van der Waals surface area contributed by atoms with Crippen LogP contribution in [0.1, 0.15) is 26.7 Å². The van der Waals surface area contributed by atoms with Crippen LogP contribution in [0.25, 0.3) is 0 Å². The molecule has 0 amide bonds. The fourth-order valence-corrected chi connectivity index (χ4v) is 0.875. The van der Waals surface area contributed by atoms with E-state index in [9.17, 15) is 8.42 Å². The molecule has 0 aromatic rings. The summed E-state index contributed by atoms with van der Waals surface area (Å²) in [6.45, 7) is 6.64. The van der Waals surface area contributed by atoms with Gasteiger partial charge in [0.2, 0.25) is 0 Å². The molecule has 1 heterocycles. The van der Waals surface area contributed by atoms with E-state index in [2.05, 4.69) is 11.9 Å². The highest BCUT2D eigenvalue weighted by atomic mass is 32.2. The smallest absolute Gasteiger partial charge is 0.261 e. The van der Waals surface area contributed by atoms with E-state index in [0.717, 1.165) is 0 Å². The molecule has 1 N–H and O–H groups in total. The molecule has 82 valence electrons. The Balaban J connectivity index is 0. The van der Waals surface area contributed by atoms with Crippen LogP contribution in [0.3, 0.4) is 0 Å². The second-order valence-electron chi connectivity index (χ2n) is 2.74. The van der Waals surface area contributed by atoms with Crippen molar-refractivity contribution in [3.8, 4) is 0 Å². The van der Waals surface area contributed by atoms with E-state index in [1.165, 1.54) is 25.9 Å². The molecule has 0 aromatic carbocycles. The van der Waals surface area contributed by atoms with Crippen molar-refractivity contribution in [2.75, 3.05) is 26.4 Å². The lowest BCUT2D eigenvalue weighted by molar-refractivity contribution is 0.418. The minimum absolute atomic E-state index is 0.715. The maximum absolute atomic E-state index is 9.19. The SMILES string of the molecule is CC.CN1CCCC1.CS(=O)(=O)O. The summed E-state index contributed by atoms with van der Waals surface area (Å²) in [4.78, 5) is 2.36. The Labute approximate surface area is 81.7 Å². The molecule has 0 atom stereocenters. The molecule has 1 fully saturated rings. The van der Waals surface area contributed by atoms with Crippen LogP contribution in [0.4, 0.5) is 0 Å². The topological polar surface area (TPSA) is 57.6 Å². The molecule has 1 aliphatic heterocycles. The van der Waals surface area contributed by atoms with Gasteiger partial charge in [-0.2, -0.15) is 8.42 Å². The molecule has 0 radical (unpaired) electrons. The van der Waals surface area contributed by atoms with E-state index < -0.39 is 10.1 Å². The molecule has 1 rings (SSSR count). The van der Waals surface area contributed by atoms with Gasteiger partial charge in [0, 0.05) is 0 Å².